The normalized spacial score (nSPS) is 17.1. The number of aromatic amines is 1. The van der Waals surface area contributed by atoms with Crippen LogP contribution < -0.4 is 10.1 Å². The lowest BCUT2D eigenvalue weighted by atomic mass is 10.1. The number of hydrogen-bond donors (Lipinski definition) is 2. The summed E-state index contributed by atoms with van der Waals surface area (Å²) in [5, 5.41) is 3.84. The standard InChI is InChI=1S/C19H20N4O2/c1-11(2)7-17-20-9-14-13(8-21-18(14)23-17)16-10-22-19(24)12-5-3-4-6-15(12)25-16/h3-6,8-9,11,16H,7,10H2,1-2H3,(H,22,24)(H,20,21,23). The third kappa shape index (κ3) is 2.95. The maximum absolute atomic E-state index is 12.2. The van der Waals surface area contributed by atoms with E-state index in [2.05, 4.69) is 34.1 Å². The second-order valence-electron chi connectivity index (χ2n) is 6.70. The maximum atomic E-state index is 12.2. The first-order valence-corrected chi connectivity index (χ1v) is 8.48. The minimum absolute atomic E-state index is 0.117. The van der Waals surface area contributed by atoms with Gasteiger partial charge in [-0.15, -0.1) is 0 Å². The lowest BCUT2D eigenvalue weighted by Gasteiger charge is -2.16. The first kappa shape index (κ1) is 15.6. The molecule has 1 atom stereocenters. The van der Waals surface area contributed by atoms with Crippen molar-refractivity contribution in [3.8, 4) is 5.75 Å². The van der Waals surface area contributed by atoms with E-state index in [9.17, 15) is 4.79 Å². The zero-order chi connectivity index (χ0) is 17.4. The van der Waals surface area contributed by atoms with Crippen molar-refractivity contribution in [3.05, 3.63) is 53.6 Å². The van der Waals surface area contributed by atoms with E-state index < -0.39 is 0 Å². The molecule has 1 aromatic carbocycles. The molecule has 0 aliphatic carbocycles. The first-order chi connectivity index (χ1) is 12.1. The largest absolute Gasteiger partial charge is 0.483 e. The van der Waals surface area contributed by atoms with Crippen molar-refractivity contribution < 1.29 is 9.53 Å². The molecule has 2 N–H and O–H groups in total. The van der Waals surface area contributed by atoms with Crippen LogP contribution in [0.2, 0.25) is 0 Å². The molecule has 1 unspecified atom stereocenters. The molecule has 4 rings (SSSR count). The Morgan fingerprint density at radius 3 is 3.00 bits per heavy atom. The number of nitrogens with zero attached hydrogens (tertiary/aromatic N) is 2. The van der Waals surface area contributed by atoms with Gasteiger partial charge in [-0.05, 0) is 18.1 Å². The molecule has 25 heavy (non-hydrogen) atoms. The third-order valence-electron chi connectivity index (χ3n) is 4.30. The molecule has 6 heteroatoms. The van der Waals surface area contributed by atoms with Gasteiger partial charge in [0.25, 0.3) is 5.91 Å². The molecule has 0 saturated heterocycles. The molecule has 1 aliphatic rings. The highest BCUT2D eigenvalue weighted by atomic mass is 16.5. The summed E-state index contributed by atoms with van der Waals surface area (Å²) in [5.74, 6) is 1.81. The molecule has 0 fully saturated rings. The second-order valence-corrected chi connectivity index (χ2v) is 6.70. The maximum Gasteiger partial charge on any atom is 0.255 e. The Morgan fingerprint density at radius 2 is 2.16 bits per heavy atom. The van der Waals surface area contributed by atoms with Gasteiger partial charge in [0.15, 0.2) is 0 Å². The molecule has 1 aliphatic heterocycles. The molecule has 0 radical (unpaired) electrons. The van der Waals surface area contributed by atoms with Crippen LogP contribution in [0.25, 0.3) is 11.0 Å². The van der Waals surface area contributed by atoms with Gasteiger partial charge in [-0.3, -0.25) is 4.79 Å². The molecular formula is C19H20N4O2. The number of fused-ring (bicyclic) bond motifs is 2. The van der Waals surface area contributed by atoms with Gasteiger partial charge in [0.1, 0.15) is 23.3 Å². The number of H-pyrrole nitrogens is 1. The predicted molar refractivity (Wildman–Crippen MR) is 94.6 cm³/mol. The monoisotopic (exact) mass is 336 g/mol. The van der Waals surface area contributed by atoms with Crippen LogP contribution in [0.5, 0.6) is 5.75 Å². The molecule has 2 aromatic heterocycles. The van der Waals surface area contributed by atoms with Crippen LogP contribution in [0, 0.1) is 5.92 Å². The molecule has 0 spiro atoms. The summed E-state index contributed by atoms with van der Waals surface area (Å²) < 4.78 is 6.12. The van der Waals surface area contributed by atoms with Crippen LogP contribution in [-0.2, 0) is 6.42 Å². The summed E-state index contributed by atoms with van der Waals surface area (Å²) >= 11 is 0. The summed E-state index contributed by atoms with van der Waals surface area (Å²) in [4.78, 5) is 24.5. The van der Waals surface area contributed by atoms with E-state index in [-0.39, 0.29) is 12.0 Å². The topological polar surface area (TPSA) is 79.9 Å². The molecule has 6 nitrogen and oxygen atoms in total. The van der Waals surface area contributed by atoms with Crippen LogP contribution in [0.15, 0.2) is 36.7 Å². The van der Waals surface area contributed by atoms with Gasteiger partial charge in [0.2, 0.25) is 0 Å². The number of para-hydroxylation sites is 1. The SMILES string of the molecule is CC(C)Cc1ncc2c(C3CNC(=O)c4ccccc4O3)c[nH]c2n1. The highest BCUT2D eigenvalue weighted by molar-refractivity contribution is 5.97. The average Bonchev–Trinajstić information content (AvgIpc) is 2.93. The number of hydrogen-bond acceptors (Lipinski definition) is 4. The van der Waals surface area contributed by atoms with Crippen LogP contribution in [-0.4, -0.2) is 27.4 Å². The second kappa shape index (κ2) is 6.20. The van der Waals surface area contributed by atoms with E-state index in [1.807, 2.05) is 30.6 Å². The summed E-state index contributed by atoms with van der Waals surface area (Å²) in [5.41, 5.74) is 2.30. The molecule has 0 saturated carbocycles. The summed E-state index contributed by atoms with van der Waals surface area (Å²) in [6, 6.07) is 7.28. The zero-order valence-electron chi connectivity index (χ0n) is 14.2. The Labute approximate surface area is 145 Å². The van der Waals surface area contributed by atoms with Crippen LogP contribution in [0.1, 0.15) is 41.7 Å². The molecule has 1 amide bonds. The lowest BCUT2D eigenvalue weighted by molar-refractivity contribution is 0.0951. The van der Waals surface area contributed by atoms with E-state index in [0.717, 1.165) is 28.8 Å². The zero-order valence-corrected chi connectivity index (χ0v) is 14.2. The van der Waals surface area contributed by atoms with Gasteiger partial charge in [-0.25, -0.2) is 9.97 Å². The van der Waals surface area contributed by atoms with Crippen molar-refractivity contribution in [1.82, 2.24) is 20.3 Å². The van der Waals surface area contributed by atoms with E-state index in [4.69, 9.17) is 4.74 Å². The Balaban J connectivity index is 1.69. The van der Waals surface area contributed by atoms with Gasteiger partial charge in [0, 0.05) is 29.8 Å². The van der Waals surface area contributed by atoms with Crippen LogP contribution in [0.4, 0.5) is 0 Å². The van der Waals surface area contributed by atoms with Crippen LogP contribution >= 0.6 is 0 Å². The van der Waals surface area contributed by atoms with Crippen molar-refractivity contribution in [1.29, 1.82) is 0 Å². The van der Waals surface area contributed by atoms with E-state index in [1.165, 1.54) is 0 Å². The Bertz CT molecular complexity index is 932. The highest BCUT2D eigenvalue weighted by Gasteiger charge is 2.25. The molecule has 3 aromatic rings. The Hall–Kier alpha value is -2.89. The van der Waals surface area contributed by atoms with Gasteiger partial charge in [-0.1, -0.05) is 26.0 Å². The first-order valence-electron chi connectivity index (χ1n) is 8.48. The number of carbonyl (C=O) groups is 1. The lowest BCUT2D eigenvalue weighted by Crippen LogP contribution is -2.26. The number of rotatable bonds is 3. The van der Waals surface area contributed by atoms with Crippen LogP contribution in [0.3, 0.4) is 0 Å². The molecule has 0 bridgehead atoms. The summed E-state index contributed by atoms with van der Waals surface area (Å²) in [7, 11) is 0. The van der Waals surface area contributed by atoms with E-state index in [0.29, 0.717) is 23.8 Å². The average molecular weight is 336 g/mol. The fraction of sp³-hybridized carbons (Fsp3) is 0.316. The predicted octanol–water partition coefficient (Wildman–Crippen LogP) is 3.02. The number of amides is 1. The molecule has 3 heterocycles. The highest BCUT2D eigenvalue weighted by Crippen LogP contribution is 2.31. The van der Waals surface area contributed by atoms with Gasteiger partial charge in [-0.2, -0.15) is 0 Å². The Morgan fingerprint density at radius 1 is 1.32 bits per heavy atom. The van der Waals surface area contributed by atoms with E-state index >= 15 is 0 Å². The number of aromatic nitrogens is 3. The fourth-order valence-electron chi connectivity index (χ4n) is 3.10. The van der Waals surface area contributed by atoms with Crippen molar-refractivity contribution in [2.45, 2.75) is 26.4 Å². The van der Waals surface area contributed by atoms with Gasteiger partial charge >= 0.3 is 0 Å². The number of carbonyl (C=O) groups excluding carboxylic acids is 1. The minimum atomic E-state index is -0.291. The molecule has 128 valence electrons. The van der Waals surface area contributed by atoms with Crippen molar-refractivity contribution >= 4 is 16.9 Å². The molecular weight excluding hydrogens is 316 g/mol. The summed E-state index contributed by atoms with van der Waals surface area (Å²) in [6.45, 7) is 4.69. The fourth-order valence-corrected chi connectivity index (χ4v) is 3.10. The van der Waals surface area contributed by atoms with Crippen molar-refractivity contribution in [2.24, 2.45) is 5.92 Å². The van der Waals surface area contributed by atoms with E-state index in [1.54, 1.807) is 6.07 Å². The quantitative estimate of drug-likeness (QED) is 0.770. The number of benzene rings is 1. The van der Waals surface area contributed by atoms with Crippen molar-refractivity contribution in [2.75, 3.05) is 6.54 Å². The number of ether oxygens (including phenoxy) is 1. The van der Waals surface area contributed by atoms with Crippen molar-refractivity contribution in [3.63, 3.8) is 0 Å². The van der Waals surface area contributed by atoms with Gasteiger partial charge in [0.05, 0.1) is 12.1 Å². The Kier molecular flexibility index (Phi) is 3.87. The summed E-state index contributed by atoms with van der Waals surface area (Å²) in [6.07, 6.45) is 4.28. The smallest absolute Gasteiger partial charge is 0.255 e. The number of nitrogens with one attached hydrogen (secondary N) is 2. The third-order valence-corrected chi connectivity index (χ3v) is 4.30. The minimum Gasteiger partial charge on any atom is -0.483 e. The van der Waals surface area contributed by atoms with Gasteiger partial charge < -0.3 is 15.0 Å².